The number of nitrogens with zero attached hydrogens (tertiary/aromatic N) is 5. The fraction of sp³-hybridized carbons (Fsp3) is 0.919. The summed E-state index contributed by atoms with van der Waals surface area (Å²) in [6.45, 7) is 29.9. The molecular weight excluding hydrogens is 578 g/mol. The predicted octanol–water partition coefficient (Wildman–Crippen LogP) is 9.19. The van der Waals surface area contributed by atoms with Crippen LogP contribution in [0, 0.1) is 11.8 Å². The standard InChI is InChI=1S/C37H70ClN7/c1-13-17-19-27(15-3)25-44(29-21-34(5,6)42-35(7,8)22-29)32-39-31(38)40-33(41-32)45(26-28(16-4)20-18-14-2)30-23-36(9,10)43-37(11,12)24-30/h27-30,42-43H,13-26H2,1-12H3. The first-order valence-electron chi connectivity index (χ1n) is 18.5. The van der Waals surface area contributed by atoms with E-state index in [0.29, 0.717) is 29.2 Å². The summed E-state index contributed by atoms with van der Waals surface area (Å²) in [7, 11) is 0. The molecule has 2 unspecified atom stereocenters. The molecule has 0 aliphatic carbocycles. The van der Waals surface area contributed by atoms with Gasteiger partial charge in [0, 0.05) is 47.3 Å². The smallest absolute Gasteiger partial charge is 0.231 e. The molecule has 0 amide bonds. The highest BCUT2D eigenvalue weighted by Gasteiger charge is 2.43. The highest BCUT2D eigenvalue weighted by molar-refractivity contribution is 6.28. The Labute approximate surface area is 282 Å². The SMILES string of the molecule is CCCCC(CC)CN(c1nc(Cl)nc(N(CC(CC)CCCC)C2CC(C)(C)NC(C)(C)C2)n1)C1CC(C)(C)NC(C)(C)C1. The number of unbranched alkanes of at least 4 members (excludes halogenated alkanes) is 2. The van der Waals surface area contributed by atoms with Crippen LogP contribution in [-0.4, -0.2) is 62.3 Å². The van der Waals surface area contributed by atoms with Gasteiger partial charge in [0.15, 0.2) is 0 Å². The molecule has 0 bridgehead atoms. The van der Waals surface area contributed by atoms with Gasteiger partial charge in [0.2, 0.25) is 17.2 Å². The molecule has 2 fully saturated rings. The minimum atomic E-state index is 0.0153. The van der Waals surface area contributed by atoms with E-state index in [9.17, 15) is 0 Å². The van der Waals surface area contributed by atoms with Crippen molar-refractivity contribution in [3.05, 3.63) is 5.28 Å². The largest absolute Gasteiger partial charge is 0.337 e. The monoisotopic (exact) mass is 648 g/mol. The lowest BCUT2D eigenvalue weighted by atomic mass is 9.78. The summed E-state index contributed by atoms with van der Waals surface area (Å²) >= 11 is 6.91. The molecule has 1 aromatic rings. The van der Waals surface area contributed by atoms with E-state index in [1.54, 1.807) is 0 Å². The van der Waals surface area contributed by atoms with Gasteiger partial charge in [-0.15, -0.1) is 0 Å². The molecule has 0 spiro atoms. The van der Waals surface area contributed by atoms with Crippen LogP contribution in [0.3, 0.4) is 0 Å². The lowest BCUT2D eigenvalue weighted by Gasteiger charge is -2.51. The van der Waals surface area contributed by atoms with Gasteiger partial charge in [0.25, 0.3) is 0 Å². The maximum absolute atomic E-state index is 6.91. The quantitative estimate of drug-likeness (QED) is 0.185. The zero-order valence-electron chi connectivity index (χ0n) is 31.3. The zero-order chi connectivity index (χ0) is 33.6. The number of nitrogens with one attached hydrogen (secondary N) is 2. The zero-order valence-corrected chi connectivity index (χ0v) is 32.1. The minimum Gasteiger partial charge on any atom is -0.337 e. The summed E-state index contributed by atoms with van der Waals surface area (Å²) in [6.07, 6.45) is 13.9. The van der Waals surface area contributed by atoms with Crippen LogP contribution in [0.5, 0.6) is 0 Å². The van der Waals surface area contributed by atoms with E-state index in [0.717, 1.165) is 63.5 Å². The number of hydrogen-bond donors (Lipinski definition) is 2. The molecule has 2 N–H and O–H groups in total. The molecule has 3 heterocycles. The van der Waals surface area contributed by atoms with Gasteiger partial charge < -0.3 is 20.4 Å². The first kappa shape index (κ1) is 38.3. The Kier molecular flexibility index (Phi) is 13.4. The summed E-state index contributed by atoms with van der Waals surface area (Å²) in [6, 6.07) is 0.632. The van der Waals surface area contributed by atoms with Gasteiger partial charge in [-0.1, -0.05) is 66.2 Å². The van der Waals surface area contributed by atoms with Crippen molar-refractivity contribution in [2.75, 3.05) is 22.9 Å². The van der Waals surface area contributed by atoms with Crippen LogP contribution in [0.2, 0.25) is 5.28 Å². The van der Waals surface area contributed by atoms with Crippen molar-refractivity contribution in [3.8, 4) is 0 Å². The van der Waals surface area contributed by atoms with Gasteiger partial charge >= 0.3 is 0 Å². The molecule has 2 saturated heterocycles. The lowest BCUT2D eigenvalue weighted by molar-refractivity contribution is 0.155. The Balaban J connectivity index is 2.12. The number of anilines is 2. The summed E-state index contributed by atoms with van der Waals surface area (Å²) in [4.78, 5) is 20.3. The van der Waals surface area contributed by atoms with Crippen molar-refractivity contribution in [1.82, 2.24) is 25.6 Å². The first-order chi connectivity index (χ1) is 20.9. The van der Waals surface area contributed by atoms with E-state index in [-0.39, 0.29) is 22.2 Å². The average molecular weight is 648 g/mol. The summed E-state index contributed by atoms with van der Waals surface area (Å²) in [5.74, 6) is 2.70. The molecule has 7 nitrogen and oxygen atoms in total. The van der Waals surface area contributed by atoms with Crippen molar-refractivity contribution in [1.29, 1.82) is 0 Å². The number of aromatic nitrogens is 3. The second-order valence-corrected chi connectivity index (χ2v) is 17.6. The Morgan fingerprint density at radius 3 is 1.24 bits per heavy atom. The van der Waals surface area contributed by atoms with E-state index < -0.39 is 0 Å². The van der Waals surface area contributed by atoms with Gasteiger partial charge in [-0.05, 0) is 117 Å². The molecule has 2 atom stereocenters. The molecule has 2 aliphatic rings. The van der Waals surface area contributed by atoms with E-state index in [4.69, 9.17) is 26.6 Å². The average Bonchev–Trinajstić information content (AvgIpc) is 2.89. The fourth-order valence-corrected chi connectivity index (χ4v) is 8.89. The first-order valence-corrected chi connectivity index (χ1v) is 18.8. The highest BCUT2D eigenvalue weighted by Crippen LogP contribution is 2.37. The van der Waals surface area contributed by atoms with Crippen LogP contribution in [0.4, 0.5) is 11.9 Å². The van der Waals surface area contributed by atoms with Gasteiger partial charge in [0.05, 0.1) is 0 Å². The molecular formula is C37H70ClN7. The molecule has 260 valence electrons. The van der Waals surface area contributed by atoms with E-state index in [2.05, 4.69) is 104 Å². The van der Waals surface area contributed by atoms with Gasteiger partial charge in [0.1, 0.15) is 0 Å². The summed E-state index contributed by atoms with van der Waals surface area (Å²) in [5.41, 5.74) is 0.0610. The molecule has 0 radical (unpaired) electrons. The maximum Gasteiger partial charge on any atom is 0.231 e. The van der Waals surface area contributed by atoms with Crippen molar-refractivity contribution in [2.45, 2.75) is 194 Å². The third-order valence-electron chi connectivity index (χ3n) is 10.3. The molecule has 8 heteroatoms. The second-order valence-electron chi connectivity index (χ2n) is 17.3. The molecule has 2 aliphatic heterocycles. The Morgan fingerprint density at radius 2 is 0.956 bits per heavy atom. The molecule has 1 aromatic heterocycles. The van der Waals surface area contributed by atoms with Crippen LogP contribution in [0.1, 0.15) is 160 Å². The minimum absolute atomic E-state index is 0.0153. The van der Waals surface area contributed by atoms with Gasteiger partial charge in [-0.25, -0.2) is 0 Å². The number of hydrogen-bond acceptors (Lipinski definition) is 7. The van der Waals surface area contributed by atoms with Crippen LogP contribution in [-0.2, 0) is 0 Å². The highest BCUT2D eigenvalue weighted by atomic mass is 35.5. The summed E-state index contributed by atoms with van der Waals surface area (Å²) in [5, 5.41) is 8.10. The Morgan fingerprint density at radius 1 is 0.622 bits per heavy atom. The second kappa shape index (κ2) is 15.8. The van der Waals surface area contributed by atoms with E-state index in [1.807, 2.05) is 0 Å². The van der Waals surface area contributed by atoms with Crippen LogP contribution >= 0.6 is 11.6 Å². The topological polar surface area (TPSA) is 69.2 Å². The van der Waals surface area contributed by atoms with Crippen LogP contribution in [0.15, 0.2) is 0 Å². The van der Waals surface area contributed by atoms with Crippen molar-refractivity contribution in [2.24, 2.45) is 11.8 Å². The van der Waals surface area contributed by atoms with E-state index in [1.165, 1.54) is 38.5 Å². The third-order valence-corrected chi connectivity index (χ3v) is 10.5. The van der Waals surface area contributed by atoms with Gasteiger partial charge in [-0.2, -0.15) is 15.0 Å². The molecule has 0 aromatic carbocycles. The maximum atomic E-state index is 6.91. The van der Waals surface area contributed by atoms with Crippen LogP contribution < -0.4 is 20.4 Å². The predicted molar refractivity (Wildman–Crippen MR) is 195 cm³/mol. The molecule has 45 heavy (non-hydrogen) atoms. The lowest BCUT2D eigenvalue weighted by Crippen LogP contribution is -2.63. The normalized spacial score (nSPS) is 22.6. The van der Waals surface area contributed by atoms with E-state index >= 15 is 0 Å². The fourth-order valence-electron chi connectivity index (χ4n) is 8.74. The third kappa shape index (κ3) is 11.5. The van der Waals surface area contributed by atoms with Crippen LogP contribution in [0.25, 0.3) is 0 Å². The molecule has 3 rings (SSSR count). The van der Waals surface area contributed by atoms with Crippen molar-refractivity contribution >= 4 is 23.5 Å². The number of rotatable bonds is 16. The Hall–Kier alpha value is -1.18. The number of halogens is 1. The van der Waals surface area contributed by atoms with Crippen molar-refractivity contribution < 1.29 is 0 Å². The summed E-state index contributed by atoms with van der Waals surface area (Å²) < 4.78 is 0. The molecule has 0 saturated carbocycles. The Bertz CT molecular complexity index is 945. The van der Waals surface area contributed by atoms with Crippen molar-refractivity contribution in [3.63, 3.8) is 0 Å². The number of piperidine rings is 2. The van der Waals surface area contributed by atoms with Gasteiger partial charge in [-0.3, -0.25) is 0 Å².